The molecule has 0 bridgehead atoms. The van der Waals surface area contributed by atoms with Gasteiger partial charge in [-0.1, -0.05) is 18.2 Å². The zero-order valence-corrected chi connectivity index (χ0v) is 9.24. The Bertz CT molecular complexity index is 492. The Hall–Kier alpha value is -2.01. The molecule has 0 radical (unpaired) electrons. The number of guanidine groups is 1. The molecule has 0 amide bonds. The monoisotopic (exact) mass is 237 g/mol. The lowest BCUT2D eigenvalue weighted by Crippen LogP contribution is -2.21. The summed E-state index contributed by atoms with van der Waals surface area (Å²) < 4.78 is 0. The third kappa shape index (κ3) is 2.74. The Morgan fingerprint density at radius 2 is 2.00 bits per heavy atom. The molecule has 2 aromatic rings. The van der Waals surface area contributed by atoms with Crippen LogP contribution in [0.25, 0.3) is 10.9 Å². The highest BCUT2D eigenvalue weighted by atomic mass is 35.5. The molecule has 0 saturated heterocycles. The fourth-order valence-electron chi connectivity index (χ4n) is 1.32. The number of nitrogens with zero attached hydrogens (tertiary/aromatic N) is 2. The number of aromatic nitrogens is 1. The van der Waals surface area contributed by atoms with Crippen molar-refractivity contribution < 1.29 is 0 Å². The number of para-hydroxylation sites is 1. The zero-order valence-electron chi connectivity index (χ0n) is 8.42. The number of hydrogen-bond donors (Lipinski definition) is 3. The maximum atomic E-state index is 5.14. The Morgan fingerprint density at radius 3 is 2.69 bits per heavy atom. The normalized spacial score (nSPS) is 10.2. The lowest BCUT2D eigenvalue weighted by molar-refractivity contribution is 1.21. The van der Waals surface area contributed by atoms with E-state index in [-0.39, 0.29) is 18.4 Å². The molecule has 1 heterocycles. The first-order chi connectivity index (χ1) is 7.25. The van der Waals surface area contributed by atoms with E-state index in [4.69, 9.17) is 11.5 Å². The van der Waals surface area contributed by atoms with Gasteiger partial charge in [-0.15, -0.1) is 17.5 Å². The average Bonchev–Trinajstić information content (AvgIpc) is 2.59. The van der Waals surface area contributed by atoms with Gasteiger partial charge in [-0.25, -0.2) is 0 Å². The van der Waals surface area contributed by atoms with Crippen molar-refractivity contribution in [3.63, 3.8) is 0 Å². The third-order valence-corrected chi connectivity index (χ3v) is 1.92. The van der Waals surface area contributed by atoms with Gasteiger partial charge in [-0.3, -0.25) is 0 Å². The van der Waals surface area contributed by atoms with Crippen LogP contribution in [0.5, 0.6) is 0 Å². The summed E-state index contributed by atoms with van der Waals surface area (Å²) in [7, 11) is 0. The van der Waals surface area contributed by atoms with Crippen LogP contribution in [0.2, 0.25) is 0 Å². The Kier molecular flexibility index (Phi) is 3.90. The number of aromatic amines is 1. The van der Waals surface area contributed by atoms with Gasteiger partial charge in [0, 0.05) is 10.9 Å². The molecule has 0 fully saturated rings. The minimum Gasteiger partial charge on any atom is -0.369 e. The number of nitrogens with two attached hydrogens (primary N) is 2. The average molecular weight is 238 g/mol. The van der Waals surface area contributed by atoms with Gasteiger partial charge in [0.15, 0.2) is 0 Å². The van der Waals surface area contributed by atoms with Crippen LogP contribution >= 0.6 is 12.4 Å². The smallest absolute Gasteiger partial charge is 0.211 e. The highest BCUT2D eigenvalue weighted by Gasteiger charge is 1.95. The van der Waals surface area contributed by atoms with Crippen molar-refractivity contribution in [3.8, 4) is 0 Å². The molecule has 84 valence electrons. The first kappa shape index (κ1) is 12.1. The fourth-order valence-corrected chi connectivity index (χ4v) is 1.32. The first-order valence-electron chi connectivity index (χ1n) is 4.45. The van der Waals surface area contributed by atoms with E-state index >= 15 is 0 Å². The van der Waals surface area contributed by atoms with Crippen LogP contribution in [0, 0.1) is 0 Å². The molecule has 0 unspecified atom stereocenters. The van der Waals surface area contributed by atoms with Crippen LogP contribution < -0.4 is 11.5 Å². The molecular weight excluding hydrogens is 226 g/mol. The summed E-state index contributed by atoms with van der Waals surface area (Å²) in [4.78, 5) is 3.17. The predicted molar refractivity (Wildman–Crippen MR) is 69.0 cm³/mol. The molecule has 0 aliphatic heterocycles. The lowest BCUT2D eigenvalue weighted by Gasteiger charge is -1.84. The molecule has 1 aromatic heterocycles. The second-order valence-electron chi connectivity index (χ2n) is 3.08. The number of halogens is 1. The van der Waals surface area contributed by atoms with Crippen molar-refractivity contribution in [2.75, 3.05) is 0 Å². The summed E-state index contributed by atoms with van der Waals surface area (Å²) in [5.41, 5.74) is 12.2. The molecule has 0 aliphatic carbocycles. The molecule has 1 aromatic carbocycles. The fraction of sp³-hybridized carbons (Fsp3) is 0. The van der Waals surface area contributed by atoms with Gasteiger partial charge in [-0.2, -0.15) is 5.10 Å². The summed E-state index contributed by atoms with van der Waals surface area (Å²) in [5.74, 6) is -0.0534. The van der Waals surface area contributed by atoms with Crippen molar-refractivity contribution in [3.05, 3.63) is 36.0 Å². The largest absolute Gasteiger partial charge is 0.369 e. The van der Waals surface area contributed by atoms with Crippen molar-refractivity contribution in [2.45, 2.75) is 0 Å². The number of fused-ring (bicyclic) bond motifs is 1. The van der Waals surface area contributed by atoms with Crippen molar-refractivity contribution in [1.82, 2.24) is 4.98 Å². The van der Waals surface area contributed by atoms with E-state index in [9.17, 15) is 0 Å². The molecule has 0 aliphatic rings. The molecule has 5 nitrogen and oxygen atoms in total. The van der Waals surface area contributed by atoms with Crippen molar-refractivity contribution >= 4 is 35.5 Å². The lowest BCUT2D eigenvalue weighted by atomic mass is 10.2. The second kappa shape index (κ2) is 5.18. The van der Waals surface area contributed by atoms with Crippen LogP contribution in [0.1, 0.15) is 5.69 Å². The molecule has 0 spiro atoms. The molecule has 16 heavy (non-hydrogen) atoms. The number of hydrogen-bond acceptors (Lipinski definition) is 2. The van der Waals surface area contributed by atoms with Crippen molar-refractivity contribution in [1.29, 1.82) is 0 Å². The van der Waals surface area contributed by atoms with E-state index < -0.39 is 0 Å². The summed E-state index contributed by atoms with van der Waals surface area (Å²) in [6, 6.07) is 9.93. The van der Waals surface area contributed by atoms with Gasteiger partial charge < -0.3 is 16.5 Å². The Labute approximate surface area is 98.6 Å². The van der Waals surface area contributed by atoms with Crippen molar-refractivity contribution in [2.24, 2.45) is 21.7 Å². The number of H-pyrrole nitrogens is 1. The van der Waals surface area contributed by atoms with Crippen LogP contribution in [0.4, 0.5) is 0 Å². The highest BCUT2D eigenvalue weighted by molar-refractivity contribution is 5.89. The van der Waals surface area contributed by atoms with Crippen LogP contribution in [0.3, 0.4) is 0 Å². The first-order valence-corrected chi connectivity index (χ1v) is 4.45. The minimum atomic E-state index is -0.0534. The highest BCUT2D eigenvalue weighted by Crippen LogP contribution is 2.13. The molecule has 6 heteroatoms. The maximum Gasteiger partial charge on any atom is 0.211 e. The minimum absolute atomic E-state index is 0. The van der Waals surface area contributed by atoms with Crippen LogP contribution in [-0.4, -0.2) is 17.2 Å². The summed E-state index contributed by atoms with van der Waals surface area (Å²) >= 11 is 0. The Balaban J connectivity index is 0.00000128. The summed E-state index contributed by atoms with van der Waals surface area (Å²) in [5, 5.41) is 8.36. The second-order valence-corrected chi connectivity index (χ2v) is 3.08. The number of rotatable bonds is 2. The standard InChI is InChI=1S/C10H11N5.ClH/c11-10(12)15-13-6-8-5-7-3-1-2-4-9(7)14-8;/h1-6,14H,(H4,11,12,15);1H/b13-6+;. The van der Waals surface area contributed by atoms with E-state index in [0.29, 0.717) is 0 Å². The summed E-state index contributed by atoms with van der Waals surface area (Å²) in [6.45, 7) is 0. The van der Waals surface area contributed by atoms with Gasteiger partial charge in [-0.05, 0) is 12.1 Å². The van der Waals surface area contributed by atoms with Crippen LogP contribution in [-0.2, 0) is 0 Å². The maximum absolute atomic E-state index is 5.14. The number of benzene rings is 1. The van der Waals surface area contributed by atoms with E-state index in [1.165, 1.54) is 0 Å². The molecule has 0 atom stereocenters. The number of nitrogens with one attached hydrogen (secondary N) is 1. The van der Waals surface area contributed by atoms with Gasteiger partial charge in [0.2, 0.25) is 5.96 Å². The van der Waals surface area contributed by atoms with E-state index in [1.54, 1.807) is 6.21 Å². The predicted octanol–water partition coefficient (Wildman–Crippen LogP) is 1.20. The molecular formula is C10H12ClN5. The quantitative estimate of drug-likeness (QED) is 0.416. The van der Waals surface area contributed by atoms with Gasteiger partial charge in [0.05, 0.1) is 11.9 Å². The Morgan fingerprint density at radius 1 is 1.25 bits per heavy atom. The topological polar surface area (TPSA) is 92.6 Å². The van der Waals surface area contributed by atoms with E-state index in [2.05, 4.69) is 15.2 Å². The van der Waals surface area contributed by atoms with E-state index in [0.717, 1.165) is 16.6 Å². The van der Waals surface area contributed by atoms with Gasteiger partial charge in [0.1, 0.15) is 0 Å². The zero-order chi connectivity index (χ0) is 10.7. The van der Waals surface area contributed by atoms with Crippen LogP contribution in [0.15, 0.2) is 40.5 Å². The van der Waals surface area contributed by atoms with Gasteiger partial charge in [0.25, 0.3) is 0 Å². The van der Waals surface area contributed by atoms with E-state index in [1.807, 2.05) is 30.3 Å². The molecule has 0 saturated carbocycles. The SMILES string of the molecule is Cl.NC(N)=N/N=C/c1cc2ccccc2[nH]1. The third-order valence-electron chi connectivity index (χ3n) is 1.92. The molecule has 5 N–H and O–H groups in total. The molecule has 2 rings (SSSR count). The van der Waals surface area contributed by atoms with Gasteiger partial charge >= 0.3 is 0 Å². The summed E-state index contributed by atoms with van der Waals surface area (Å²) in [6.07, 6.45) is 1.57.